The van der Waals surface area contributed by atoms with Gasteiger partial charge >= 0.3 is 0 Å². The molecule has 0 fully saturated rings. The molecule has 0 unspecified atom stereocenters. The van der Waals surface area contributed by atoms with E-state index in [1.807, 2.05) is 42.5 Å². The predicted octanol–water partition coefficient (Wildman–Crippen LogP) is 2.37. The summed E-state index contributed by atoms with van der Waals surface area (Å²) in [5.74, 6) is 0.938. The van der Waals surface area contributed by atoms with Gasteiger partial charge in [-0.05, 0) is 36.4 Å². The van der Waals surface area contributed by atoms with Crippen LogP contribution in [0.2, 0.25) is 0 Å². The second kappa shape index (κ2) is 4.97. The molecule has 0 atom stereocenters. The molecule has 0 amide bonds. The molecule has 5 heteroatoms. The minimum absolute atomic E-state index is 0.469. The molecule has 5 nitrogen and oxygen atoms in total. The Kier molecular flexibility index (Phi) is 3.01. The Balaban J connectivity index is 2.06. The van der Waals surface area contributed by atoms with Gasteiger partial charge in [0.1, 0.15) is 11.6 Å². The van der Waals surface area contributed by atoms with Gasteiger partial charge in [0, 0.05) is 0 Å². The highest BCUT2D eigenvalue weighted by Gasteiger charge is 2.05. The zero-order chi connectivity index (χ0) is 13.9. The van der Waals surface area contributed by atoms with Gasteiger partial charge in [-0.15, -0.1) is 0 Å². The van der Waals surface area contributed by atoms with E-state index in [0.29, 0.717) is 11.6 Å². The third-order valence-corrected chi connectivity index (χ3v) is 2.82. The van der Waals surface area contributed by atoms with E-state index in [1.165, 1.54) is 0 Å². The smallest absolute Gasteiger partial charge is 0.124 e. The van der Waals surface area contributed by atoms with Gasteiger partial charge in [-0.3, -0.25) is 0 Å². The Morgan fingerprint density at radius 3 is 1.25 bits per heavy atom. The second-order valence-electron chi connectivity index (χ2n) is 4.30. The summed E-state index contributed by atoms with van der Waals surface area (Å²) in [6.45, 7) is 0. The van der Waals surface area contributed by atoms with Crippen molar-refractivity contribution in [1.29, 1.82) is 0 Å². The molecule has 0 spiro atoms. The fraction of sp³-hybridized carbons (Fsp3) is 0. The molecule has 0 aliphatic carbocycles. The molecule has 4 N–H and O–H groups in total. The summed E-state index contributed by atoms with van der Waals surface area (Å²) in [4.78, 5) is 13.1. The molecule has 0 saturated heterocycles. The number of pyridine rings is 3. The van der Waals surface area contributed by atoms with Crippen molar-refractivity contribution in [3.63, 3.8) is 0 Å². The second-order valence-corrected chi connectivity index (χ2v) is 4.30. The first-order valence-electron chi connectivity index (χ1n) is 6.15. The number of anilines is 2. The highest BCUT2D eigenvalue weighted by atomic mass is 14.9. The summed E-state index contributed by atoms with van der Waals surface area (Å²) >= 11 is 0. The molecule has 0 aliphatic rings. The first-order valence-corrected chi connectivity index (χ1v) is 6.15. The van der Waals surface area contributed by atoms with E-state index in [9.17, 15) is 0 Å². The van der Waals surface area contributed by atoms with Crippen LogP contribution in [0.1, 0.15) is 0 Å². The first-order chi connectivity index (χ1) is 9.72. The van der Waals surface area contributed by atoms with Crippen molar-refractivity contribution in [2.24, 2.45) is 0 Å². The van der Waals surface area contributed by atoms with Crippen molar-refractivity contribution in [1.82, 2.24) is 15.0 Å². The molecule has 0 radical (unpaired) electrons. The van der Waals surface area contributed by atoms with Crippen LogP contribution in [0.25, 0.3) is 22.8 Å². The molecule has 0 aliphatic heterocycles. The number of nitrogens with two attached hydrogens (primary N) is 2. The lowest BCUT2D eigenvalue weighted by Gasteiger charge is -2.05. The third kappa shape index (κ3) is 2.42. The van der Waals surface area contributed by atoms with Crippen molar-refractivity contribution < 1.29 is 0 Å². The van der Waals surface area contributed by atoms with Crippen LogP contribution >= 0.6 is 0 Å². The summed E-state index contributed by atoms with van der Waals surface area (Å²) < 4.78 is 0. The topological polar surface area (TPSA) is 90.7 Å². The Bertz CT molecular complexity index is 694. The Hall–Kier alpha value is -2.95. The van der Waals surface area contributed by atoms with Gasteiger partial charge in [0.2, 0.25) is 0 Å². The lowest BCUT2D eigenvalue weighted by atomic mass is 10.2. The maximum Gasteiger partial charge on any atom is 0.124 e. The van der Waals surface area contributed by atoms with E-state index in [0.717, 1.165) is 22.8 Å². The molecule has 20 heavy (non-hydrogen) atoms. The lowest BCUT2D eigenvalue weighted by molar-refractivity contribution is 1.22. The molecule has 3 aromatic rings. The van der Waals surface area contributed by atoms with Crippen molar-refractivity contribution in [2.75, 3.05) is 11.5 Å². The van der Waals surface area contributed by atoms with Crippen LogP contribution in [0.15, 0.2) is 54.6 Å². The number of aromatic nitrogens is 3. The van der Waals surface area contributed by atoms with Gasteiger partial charge < -0.3 is 11.5 Å². The zero-order valence-electron chi connectivity index (χ0n) is 10.7. The maximum absolute atomic E-state index is 5.70. The van der Waals surface area contributed by atoms with Crippen LogP contribution in [0, 0.1) is 0 Å². The number of hydrogen-bond donors (Lipinski definition) is 2. The van der Waals surface area contributed by atoms with E-state index in [2.05, 4.69) is 15.0 Å². The third-order valence-electron chi connectivity index (χ3n) is 2.82. The molecular weight excluding hydrogens is 250 g/mol. The van der Waals surface area contributed by atoms with Crippen LogP contribution < -0.4 is 11.5 Å². The largest absolute Gasteiger partial charge is 0.384 e. The van der Waals surface area contributed by atoms with Gasteiger partial charge in [0.15, 0.2) is 0 Å². The predicted molar refractivity (Wildman–Crippen MR) is 79.5 cm³/mol. The van der Waals surface area contributed by atoms with E-state index < -0.39 is 0 Å². The molecule has 3 rings (SSSR count). The Morgan fingerprint density at radius 2 is 0.850 bits per heavy atom. The van der Waals surface area contributed by atoms with Crippen molar-refractivity contribution >= 4 is 11.6 Å². The molecule has 98 valence electrons. The molecule has 0 aromatic carbocycles. The summed E-state index contributed by atoms with van der Waals surface area (Å²) in [5.41, 5.74) is 14.4. The van der Waals surface area contributed by atoms with Crippen LogP contribution in [-0.2, 0) is 0 Å². The molecule has 3 aromatic heterocycles. The van der Waals surface area contributed by atoms with E-state index in [-0.39, 0.29) is 0 Å². The minimum atomic E-state index is 0.469. The Labute approximate surface area is 116 Å². The van der Waals surface area contributed by atoms with Gasteiger partial charge in [-0.25, -0.2) is 15.0 Å². The van der Waals surface area contributed by atoms with Crippen molar-refractivity contribution in [3.8, 4) is 22.8 Å². The number of rotatable bonds is 2. The highest BCUT2D eigenvalue weighted by Crippen LogP contribution is 2.21. The van der Waals surface area contributed by atoms with Gasteiger partial charge in [-0.2, -0.15) is 0 Å². The van der Waals surface area contributed by atoms with Crippen molar-refractivity contribution in [2.45, 2.75) is 0 Å². The molecule has 0 saturated carbocycles. The van der Waals surface area contributed by atoms with Gasteiger partial charge in [0.05, 0.1) is 22.8 Å². The van der Waals surface area contributed by atoms with E-state index in [4.69, 9.17) is 11.5 Å². The standard InChI is InChI=1S/C15H13N5/c16-14-8-2-6-12(19-14)10-4-1-5-11(18-10)13-7-3-9-15(17)20-13/h1-9H,(H2,16,19)(H2,17,20). The van der Waals surface area contributed by atoms with Crippen LogP contribution in [0.5, 0.6) is 0 Å². The summed E-state index contributed by atoms with van der Waals surface area (Å²) in [5, 5.41) is 0. The zero-order valence-corrected chi connectivity index (χ0v) is 10.7. The van der Waals surface area contributed by atoms with Crippen molar-refractivity contribution in [3.05, 3.63) is 54.6 Å². The number of hydrogen-bond acceptors (Lipinski definition) is 5. The SMILES string of the molecule is Nc1cccc(-c2cccc(-c3cccc(N)n3)n2)n1. The average molecular weight is 263 g/mol. The van der Waals surface area contributed by atoms with Gasteiger partial charge in [-0.1, -0.05) is 18.2 Å². The summed E-state index contributed by atoms with van der Waals surface area (Å²) in [6, 6.07) is 16.6. The van der Waals surface area contributed by atoms with E-state index >= 15 is 0 Å². The quantitative estimate of drug-likeness (QED) is 0.740. The normalized spacial score (nSPS) is 10.4. The monoisotopic (exact) mass is 263 g/mol. The minimum Gasteiger partial charge on any atom is -0.384 e. The Morgan fingerprint density at radius 1 is 0.500 bits per heavy atom. The van der Waals surface area contributed by atoms with E-state index in [1.54, 1.807) is 12.1 Å². The van der Waals surface area contributed by atoms with Crippen LogP contribution in [0.3, 0.4) is 0 Å². The molecular formula is C15H13N5. The highest BCUT2D eigenvalue weighted by molar-refractivity contribution is 5.63. The summed E-state index contributed by atoms with van der Waals surface area (Å²) in [7, 11) is 0. The fourth-order valence-electron chi connectivity index (χ4n) is 1.91. The van der Waals surface area contributed by atoms with Crippen LogP contribution in [0.4, 0.5) is 11.6 Å². The summed E-state index contributed by atoms with van der Waals surface area (Å²) in [6.07, 6.45) is 0. The fourth-order valence-corrected chi connectivity index (χ4v) is 1.91. The average Bonchev–Trinajstić information content (AvgIpc) is 2.47. The number of nitrogen functional groups attached to an aromatic ring is 2. The van der Waals surface area contributed by atoms with Crippen LogP contribution in [-0.4, -0.2) is 15.0 Å². The lowest BCUT2D eigenvalue weighted by Crippen LogP contribution is -1.96. The first kappa shape index (κ1) is 12.1. The maximum atomic E-state index is 5.70. The molecule has 0 bridgehead atoms. The van der Waals surface area contributed by atoms with Gasteiger partial charge in [0.25, 0.3) is 0 Å². The number of nitrogens with zero attached hydrogens (tertiary/aromatic N) is 3. The molecule has 3 heterocycles.